The molecule has 1 fully saturated rings. The largest absolute Gasteiger partial charge is 0.465 e. The first-order valence-corrected chi connectivity index (χ1v) is 10.8. The lowest BCUT2D eigenvalue weighted by atomic mass is 9.80. The molecule has 1 aliphatic carbocycles. The average molecular weight is 420 g/mol. The number of hydrogen-bond donors (Lipinski definition) is 2. The summed E-state index contributed by atoms with van der Waals surface area (Å²) in [4.78, 5) is 29.0. The molecule has 1 aromatic rings. The highest BCUT2D eigenvalue weighted by molar-refractivity contribution is 7.12. The van der Waals surface area contributed by atoms with Crippen molar-refractivity contribution in [3.8, 4) is 0 Å². The number of esters is 1. The van der Waals surface area contributed by atoms with Crippen molar-refractivity contribution in [3.05, 3.63) is 44.2 Å². The normalized spacial score (nSPS) is 23.1. The summed E-state index contributed by atoms with van der Waals surface area (Å²) in [6.07, 6.45) is 1.85. The lowest BCUT2D eigenvalue weighted by Crippen LogP contribution is -3.12. The first-order valence-electron chi connectivity index (χ1n) is 10.0. The van der Waals surface area contributed by atoms with Crippen molar-refractivity contribution in [2.24, 2.45) is 5.73 Å². The van der Waals surface area contributed by atoms with Crippen molar-refractivity contribution < 1.29 is 28.7 Å². The number of morpholine rings is 1. The van der Waals surface area contributed by atoms with Crippen LogP contribution in [0.25, 0.3) is 0 Å². The Kier molecular flexibility index (Phi) is 5.76. The van der Waals surface area contributed by atoms with Gasteiger partial charge in [0, 0.05) is 33.7 Å². The Morgan fingerprint density at radius 1 is 1.34 bits per heavy atom. The number of nitrogens with two attached hydrogens (primary N) is 1. The van der Waals surface area contributed by atoms with Gasteiger partial charge in [-0.3, -0.25) is 4.79 Å². The number of allylic oxidation sites excluding steroid dienone is 2. The van der Waals surface area contributed by atoms with Gasteiger partial charge in [0.25, 0.3) is 0 Å². The third-order valence-corrected chi connectivity index (χ3v) is 7.01. The number of carbonyl (C=O) groups excluding carboxylic acids is 2. The van der Waals surface area contributed by atoms with E-state index in [1.54, 1.807) is 11.3 Å². The van der Waals surface area contributed by atoms with Crippen LogP contribution in [0.3, 0.4) is 0 Å². The van der Waals surface area contributed by atoms with Crippen molar-refractivity contribution in [2.75, 3.05) is 33.4 Å². The number of ether oxygens (including phenoxy) is 3. The molecule has 8 heteroatoms. The third kappa shape index (κ3) is 3.84. The Morgan fingerprint density at radius 3 is 2.83 bits per heavy atom. The van der Waals surface area contributed by atoms with Crippen LogP contribution in [0.4, 0.5) is 0 Å². The van der Waals surface area contributed by atoms with E-state index >= 15 is 0 Å². The van der Waals surface area contributed by atoms with Crippen LogP contribution in [-0.2, 0) is 30.3 Å². The number of hydrogen-bond acceptors (Lipinski definition) is 7. The number of ketones is 1. The number of Topliss-reactive ketones (excluding diaryl/α,β-unsaturated/α-hetero) is 1. The zero-order valence-electron chi connectivity index (χ0n) is 16.8. The van der Waals surface area contributed by atoms with E-state index in [1.807, 2.05) is 0 Å². The van der Waals surface area contributed by atoms with E-state index in [0.717, 1.165) is 44.1 Å². The van der Waals surface area contributed by atoms with Gasteiger partial charge in [-0.2, -0.15) is 0 Å². The molecule has 7 nitrogen and oxygen atoms in total. The summed E-state index contributed by atoms with van der Waals surface area (Å²) in [5.41, 5.74) is 8.16. The van der Waals surface area contributed by atoms with E-state index in [2.05, 4.69) is 13.0 Å². The highest BCUT2D eigenvalue weighted by atomic mass is 32.1. The smallest absolute Gasteiger partial charge is 0.340 e. The molecule has 0 unspecified atom stereocenters. The van der Waals surface area contributed by atoms with Crippen molar-refractivity contribution in [1.82, 2.24) is 0 Å². The summed E-state index contributed by atoms with van der Waals surface area (Å²) in [6, 6.07) is 2.13. The van der Waals surface area contributed by atoms with Crippen LogP contribution in [0, 0.1) is 6.92 Å². The zero-order chi connectivity index (χ0) is 20.5. The number of quaternary nitrogens is 1. The molecule has 3 aliphatic rings. The summed E-state index contributed by atoms with van der Waals surface area (Å²) in [5, 5.41) is 0. The molecule has 0 aromatic carbocycles. The molecule has 1 atom stereocenters. The molecule has 0 spiro atoms. The molecule has 4 rings (SSSR count). The van der Waals surface area contributed by atoms with Gasteiger partial charge < -0.3 is 24.8 Å². The SMILES string of the molecule is COC(=O)C1=C(N)OC2=C(C(=O)CCC2)[C@H]1c1cc(C[NH+]2CCOCC2)c(C)s1. The fraction of sp³-hybridized carbons (Fsp3) is 0.524. The van der Waals surface area contributed by atoms with Gasteiger partial charge in [-0.25, -0.2) is 4.79 Å². The highest BCUT2D eigenvalue weighted by Crippen LogP contribution is 2.46. The van der Waals surface area contributed by atoms with Crippen LogP contribution in [0.2, 0.25) is 0 Å². The van der Waals surface area contributed by atoms with E-state index in [4.69, 9.17) is 19.9 Å². The van der Waals surface area contributed by atoms with E-state index in [9.17, 15) is 9.59 Å². The Labute approximate surface area is 174 Å². The molecule has 1 saturated heterocycles. The van der Waals surface area contributed by atoms with E-state index in [0.29, 0.717) is 24.2 Å². The Balaban J connectivity index is 1.73. The molecular weight excluding hydrogens is 392 g/mol. The Bertz CT molecular complexity index is 895. The van der Waals surface area contributed by atoms with Crippen LogP contribution in [0.15, 0.2) is 28.9 Å². The monoisotopic (exact) mass is 419 g/mol. The van der Waals surface area contributed by atoms with Gasteiger partial charge >= 0.3 is 5.97 Å². The highest BCUT2D eigenvalue weighted by Gasteiger charge is 2.42. The first kappa shape index (κ1) is 20.1. The molecule has 1 aromatic heterocycles. The number of aryl methyl sites for hydroxylation is 1. The molecular formula is C21H27N2O5S+. The molecule has 2 aliphatic heterocycles. The van der Waals surface area contributed by atoms with Gasteiger partial charge in [0.2, 0.25) is 5.88 Å². The second-order valence-corrected chi connectivity index (χ2v) is 8.98. The summed E-state index contributed by atoms with van der Waals surface area (Å²) in [5.74, 6) is -0.402. The lowest BCUT2D eigenvalue weighted by Gasteiger charge is -2.31. The molecule has 3 heterocycles. The van der Waals surface area contributed by atoms with Crippen LogP contribution in [0.5, 0.6) is 0 Å². The number of nitrogens with one attached hydrogen (secondary N) is 1. The molecule has 0 saturated carbocycles. The van der Waals surface area contributed by atoms with Gasteiger partial charge in [0.1, 0.15) is 31.0 Å². The van der Waals surface area contributed by atoms with Crippen LogP contribution in [0.1, 0.15) is 40.5 Å². The average Bonchev–Trinajstić information content (AvgIpc) is 3.07. The maximum absolute atomic E-state index is 12.8. The number of carbonyl (C=O) groups is 2. The van der Waals surface area contributed by atoms with Crippen molar-refractivity contribution in [3.63, 3.8) is 0 Å². The lowest BCUT2D eigenvalue weighted by molar-refractivity contribution is -0.921. The predicted octanol–water partition coefficient (Wildman–Crippen LogP) is 0.936. The van der Waals surface area contributed by atoms with Gasteiger partial charge in [-0.05, 0) is 19.4 Å². The molecule has 29 heavy (non-hydrogen) atoms. The minimum absolute atomic E-state index is 0.0246. The van der Waals surface area contributed by atoms with Gasteiger partial charge in [0.15, 0.2) is 5.78 Å². The maximum Gasteiger partial charge on any atom is 0.340 e. The third-order valence-electron chi connectivity index (χ3n) is 5.85. The van der Waals surface area contributed by atoms with Gasteiger partial charge in [0.05, 0.1) is 26.2 Å². The second kappa shape index (κ2) is 8.30. The molecule has 0 bridgehead atoms. The molecule has 3 N–H and O–H groups in total. The summed E-state index contributed by atoms with van der Waals surface area (Å²) in [6.45, 7) is 6.52. The molecule has 156 valence electrons. The standard InChI is InChI=1S/C21H26N2O5S/c1-12-13(11-23-6-8-27-9-7-23)10-16(29-12)18-17-14(24)4-3-5-15(17)28-20(22)19(18)21(25)26-2/h10,18H,3-9,11,22H2,1-2H3/p+1/t18-/m1/s1. The van der Waals surface area contributed by atoms with Gasteiger partial charge in [-0.15, -0.1) is 11.3 Å². The van der Waals surface area contributed by atoms with Crippen LogP contribution in [-0.4, -0.2) is 45.2 Å². The first-order chi connectivity index (χ1) is 14.0. The van der Waals surface area contributed by atoms with E-state index < -0.39 is 11.9 Å². The van der Waals surface area contributed by atoms with Gasteiger partial charge in [-0.1, -0.05) is 0 Å². The second-order valence-electron chi connectivity index (χ2n) is 7.69. The Morgan fingerprint density at radius 2 is 2.10 bits per heavy atom. The molecule has 0 amide bonds. The summed E-state index contributed by atoms with van der Waals surface area (Å²) in [7, 11) is 1.32. The van der Waals surface area contributed by atoms with Crippen molar-refractivity contribution in [2.45, 2.75) is 38.6 Å². The quantitative estimate of drug-likeness (QED) is 0.706. The minimum Gasteiger partial charge on any atom is -0.465 e. The maximum atomic E-state index is 12.8. The van der Waals surface area contributed by atoms with E-state index in [1.165, 1.54) is 22.5 Å². The number of rotatable bonds is 4. The summed E-state index contributed by atoms with van der Waals surface area (Å²) < 4.78 is 16.1. The summed E-state index contributed by atoms with van der Waals surface area (Å²) >= 11 is 1.62. The van der Waals surface area contributed by atoms with Crippen molar-refractivity contribution >= 4 is 23.1 Å². The number of methoxy groups -OCH3 is 1. The van der Waals surface area contributed by atoms with E-state index in [-0.39, 0.29) is 17.2 Å². The zero-order valence-corrected chi connectivity index (χ0v) is 17.7. The van der Waals surface area contributed by atoms with Crippen LogP contribution < -0.4 is 10.6 Å². The predicted molar refractivity (Wildman–Crippen MR) is 107 cm³/mol. The van der Waals surface area contributed by atoms with Crippen LogP contribution >= 0.6 is 11.3 Å². The number of thiophene rings is 1. The minimum atomic E-state index is -0.552. The fourth-order valence-electron chi connectivity index (χ4n) is 4.32. The fourth-order valence-corrected chi connectivity index (χ4v) is 5.49. The Hall–Kier alpha value is -2.16. The topological polar surface area (TPSA) is 92.3 Å². The van der Waals surface area contributed by atoms with Crippen molar-refractivity contribution in [1.29, 1.82) is 0 Å². The molecule has 0 radical (unpaired) electrons.